The number of carbonyl (C=O) groups is 2. The second-order valence-electron chi connectivity index (χ2n) is 5.98. The topological polar surface area (TPSA) is 88.4 Å². The quantitative estimate of drug-likeness (QED) is 0.560. The number of ether oxygens (including phenoxy) is 2. The van der Waals surface area contributed by atoms with Crippen molar-refractivity contribution in [1.29, 1.82) is 5.26 Å². The molecule has 1 unspecified atom stereocenters. The first-order valence-electron chi connectivity index (χ1n) is 8.75. The van der Waals surface area contributed by atoms with Crippen LogP contribution in [0.1, 0.15) is 18.1 Å². The summed E-state index contributed by atoms with van der Waals surface area (Å²) in [6.45, 7) is 2.03. The highest BCUT2D eigenvalue weighted by Gasteiger charge is 2.24. The van der Waals surface area contributed by atoms with Crippen LogP contribution in [0.5, 0.6) is 11.5 Å². The molecular formula is C22H22N2O4. The zero-order chi connectivity index (χ0) is 20.5. The molecule has 0 aliphatic carbocycles. The third-order valence-electron chi connectivity index (χ3n) is 4.12. The van der Waals surface area contributed by atoms with E-state index < -0.39 is 17.6 Å². The summed E-state index contributed by atoms with van der Waals surface area (Å²) in [5.74, 6) is -1.57. The summed E-state index contributed by atoms with van der Waals surface area (Å²) >= 11 is 0. The lowest BCUT2D eigenvalue weighted by atomic mass is 10.0. The monoisotopic (exact) mass is 378 g/mol. The molecule has 0 bridgehead atoms. The zero-order valence-corrected chi connectivity index (χ0v) is 16.1. The van der Waals surface area contributed by atoms with Crippen LogP contribution in [0.25, 0.3) is 6.08 Å². The number of rotatable bonds is 8. The number of nitriles is 1. The van der Waals surface area contributed by atoms with Crippen LogP contribution in [0, 0.1) is 17.2 Å². The predicted molar refractivity (Wildman–Crippen MR) is 107 cm³/mol. The number of allylic oxidation sites excluding steroid dienone is 1. The van der Waals surface area contributed by atoms with Crippen molar-refractivity contribution in [2.75, 3.05) is 19.5 Å². The summed E-state index contributed by atoms with van der Waals surface area (Å²) in [6, 6.07) is 14.1. The van der Waals surface area contributed by atoms with E-state index in [1.54, 1.807) is 36.4 Å². The molecule has 144 valence electrons. The number of hydrogen-bond acceptors (Lipinski definition) is 5. The highest BCUT2D eigenvalue weighted by atomic mass is 16.5. The Labute approximate surface area is 164 Å². The van der Waals surface area contributed by atoms with Crippen molar-refractivity contribution in [2.24, 2.45) is 5.92 Å². The van der Waals surface area contributed by atoms with E-state index >= 15 is 0 Å². The lowest BCUT2D eigenvalue weighted by molar-refractivity contribution is -0.126. The van der Waals surface area contributed by atoms with E-state index in [2.05, 4.69) is 5.32 Å². The number of ketones is 1. The molecule has 1 amide bonds. The smallest absolute Gasteiger partial charge is 0.249 e. The van der Waals surface area contributed by atoms with Crippen LogP contribution in [0.15, 0.2) is 48.5 Å². The van der Waals surface area contributed by atoms with Crippen molar-refractivity contribution in [2.45, 2.75) is 13.3 Å². The number of aryl methyl sites for hydroxylation is 1. The minimum absolute atomic E-state index is 0.539. The van der Waals surface area contributed by atoms with Crippen LogP contribution in [0.3, 0.4) is 0 Å². The van der Waals surface area contributed by atoms with Crippen molar-refractivity contribution >= 4 is 23.5 Å². The Morgan fingerprint density at radius 3 is 2.21 bits per heavy atom. The number of carbonyl (C=O) groups excluding carboxylic acids is 2. The van der Waals surface area contributed by atoms with Gasteiger partial charge in [0, 0.05) is 11.8 Å². The van der Waals surface area contributed by atoms with E-state index in [1.807, 2.05) is 19.1 Å². The van der Waals surface area contributed by atoms with Crippen LogP contribution in [0.4, 0.5) is 5.69 Å². The molecule has 28 heavy (non-hydrogen) atoms. The standard InChI is InChI=1S/C22H22N2O4/c1-4-15-5-8-17(9-6-15)24-22(26)20(14-23)21(25)10-7-16-11-18(27-2)13-19(12-16)28-3/h5-13,20H,4H2,1-3H3,(H,24,26)/b10-7+. The van der Waals surface area contributed by atoms with E-state index in [0.29, 0.717) is 22.7 Å². The number of methoxy groups -OCH3 is 2. The second kappa shape index (κ2) is 9.93. The van der Waals surface area contributed by atoms with Gasteiger partial charge in [-0.25, -0.2) is 0 Å². The first-order chi connectivity index (χ1) is 13.5. The van der Waals surface area contributed by atoms with Crippen molar-refractivity contribution in [1.82, 2.24) is 0 Å². The third-order valence-corrected chi connectivity index (χ3v) is 4.12. The van der Waals surface area contributed by atoms with Gasteiger partial charge in [-0.15, -0.1) is 0 Å². The highest BCUT2D eigenvalue weighted by molar-refractivity contribution is 6.14. The Morgan fingerprint density at radius 1 is 1.11 bits per heavy atom. The fourth-order valence-corrected chi connectivity index (χ4v) is 2.49. The van der Waals surface area contributed by atoms with E-state index in [-0.39, 0.29) is 0 Å². The summed E-state index contributed by atoms with van der Waals surface area (Å²) in [5.41, 5.74) is 2.32. The molecule has 1 atom stereocenters. The van der Waals surface area contributed by atoms with Gasteiger partial charge in [0.05, 0.1) is 20.3 Å². The van der Waals surface area contributed by atoms with Gasteiger partial charge < -0.3 is 14.8 Å². The summed E-state index contributed by atoms with van der Waals surface area (Å²) < 4.78 is 10.4. The number of benzene rings is 2. The van der Waals surface area contributed by atoms with E-state index in [0.717, 1.165) is 12.0 Å². The molecule has 2 aromatic rings. The predicted octanol–water partition coefficient (Wildman–Crippen LogP) is 3.63. The van der Waals surface area contributed by atoms with E-state index in [1.165, 1.54) is 26.4 Å². The molecule has 0 spiro atoms. The summed E-state index contributed by atoms with van der Waals surface area (Å²) in [7, 11) is 3.05. The first kappa shape index (κ1) is 20.7. The minimum Gasteiger partial charge on any atom is -0.497 e. The normalized spacial score (nSPS) is 11.5. The molecular weight excluding hydrogens is 356 g/mol. The van der Waals surface area contributed by atoms with E-state index in [4.69, 9.17) is 9.47 Å². The van der Waals surface area contributed by atoms with Crippen LogP contribution in [-0.4, -0.2) is 25.9 Å². The molecule has 2 rings (SSSR count). The summed E-state index contributed by atoms with van der Waals surface area (Å²) in [5, 5.41) is 11.9. The molecule has 6 heteroatoms. The largest absolute Gasteiger partial charge is 0.497 e. The molecule has 1 N–H and O–H groups in total. The molecule has 0 aromatic heterocycles. The average molecular weight is 378 g/mol. The molecule has 0 saturated carbocycles. The number of amides is 1. The van der Waals surface area contributed by atoms with Gasteiger partial charge in [0.25, 0.3) is 0 Å². The maximum Gasteiger partial charge on any atom is 0.249 e. The fraction of sp³-hybridized carbons (Fsp3) is 0.227. The maximum atomic E-state index is 12.4. The Kier molecular flexibility index (Phi) is 7.35. The number of nitrogens with zero attached hydrogens (tertiary/aromatic N) is 1. The third kappa shape index (κ3) is 5.45. The van der Waals surface area contributed by atoms with E-state index in [9.17, 15) is 14.9 Å². The average Bonchev–Trinajstić information content (AvgIpc) is 2.72. The van der Waals surface area contributed by atoms with Gasteiger partial charge in [-0.2, -0.15) is 5.26 Å². The number of hydrogen-bond donors (Lipinski definition) is 1. The molecule has 2 aromatic carbocycles. The molecule has 0 saturated heterocycles. The van der Waals surface area contributed by atoms with Gasteiger partial charge in [-0.1, -0.05) is 25.1 Å². The van der Waals surface area contributed by atoms with Gasteiger partial charge in [-0.3, -0.25) is 9.59 Å². The Morgan fingerprint density at radius 2 is 1.71 bits per heavy atom. The van der Waals surface area contributed by atoms with Gasteiger partial charge in [0.15, 0.2) is 11.7 Å². The fourth-order valence-electron chi connectivity index (χ4n) is 2.49. The summed E-state index contributed by atoms with van der Waals surface area (Å²) in [4.78, 5) is 24.7. The number of nitrogens with one attached hydrogen (secondary N) is 1. The lowest BCUT2D eigenvalue weighted by Crippen LogP contribution is -2.27. The van der Waals surface area contributed by atoms with Gasteiger partial charge in [-0.05, 0) is 47.9 Å². The van der Waals surface area contributed by atoms with Gasteiger partial charge >= 0.3 is 0 Å². The highest BCUT2D eigenvalue weighted by Crippen LogP contribution is 2.23. The Hall–Kier alpha value is -3.59. The maximum absolute atomic E-state index is 12.4. The van der Waals surface area contributed by atoms with Crippen LogP contribution in [0.2, 0.25) is 0 Å². The molecule has 0 radical (unpaired) electrons. The summed E-state index contributed by atoms with van der Waals surface area (Å²) in [6.07, 6.45) is 3.61. The molecule has 0 aliphatic heterocycles. The minimum atomic E-state index is -1.44. The van der Waals surface area contributed by atoms with Crippen LogP contribution in [-0.2, 0) is 16.0 Å². The number of anilines is 1. The Balaban J connectivity index is 2.10. The lowest BCUT2D eigenvalue weighted by Gasteiger charge is -2.09. The molecule has 0 heterocycles. The SMILES string of the molecule is CCc1ccc(NC(=O)C(C#N)C(=O)/C=C/c2cc(OC)cc(OC)c2)cc1. The zero-order valence-electron chi connectivity index (χ0n) is 16.1. The molecule has 0 aliphatic rings. The Bertz CT molecular complexity index is 889. The van der Waals surface area contributed by atoms with Gasteiger partial charge in [0.1, 0.15) is 11.5 Å². The van der Waals surface area contributed by atoms with Crippen molar-refractivity contribution in [3.63, 3.8) is 0 Å². The second-order valence-corrected chi connectivity index (χ2v) is 5.98. The molecule has 0 fully saturated rings. The first-order valence-corrected chi connectivity index (χ1v) is 8.75. The van der Waals surface area contributed by atoms with Crippen molar-refractivity contribution < 1.29 is 19.1 Å². The van der Waals surface area contributed by atoms with Crippen LogP contribution >= 0.6 is 0 Å². The van der Waals surface area contributed by atoms with Crippen LogP contribution < -0.4 is 14.8 Å². The molecule has 6 nitrogen and oxygen atoms in total. The van der Waals surface area contributed by atoms with Gasteiger partial charge in [0.2, 0.25) is 5.91 Å². The van der Waals surface area contributed by atoms with Crippen molar-refractivity contribution in [3.8, 4) is 17.6 Å². The van der Waals surface area contributed by atoms with Crippen molar-refractivity contribution in [3.05, 3.63) is 59.7 Å².